The molecule has 1 aromatic heterocycles. The van der Waals surface area contributed by atoms with E-state index in [1.807, 2.05) is 11.9 Å². The van der Waals surface area contributed by atoms with E-state index < -0.39 is 0 Å². The summed E-state index contributed by atoms with van der Waals surface area (Å²) in [5.74, 6) is 0.840. The van der Waals surface area contributed by atoms with E-state index in [1.165, 1.54) is 0 Å². The lowest BCUT2D eigenvalue weighted by molar-refractivity contribution is 0.702. The van der Waals surface area contributed by atoms with Crippen LogP contribution >= 0.6 is 0 Å². The van der Waals surface area contributed by atoms with Crippen LogP contribution in [0.15, 0.2) is 18.3 Å². The minimum Gasteiger partial charge on any atom is -0.358 e. The number of likely N-dealkylation sites (N-methyl/N-ethyl adjacent to an activating group) is 2. The Kier molecular flexibility index (Phi) is 4.58. The molecule has 80 valence electrons. The van der Waals surface area contributed by atoms with E-state index in [1.54, 1.807) is 18.3 Å². The summed E-state index contributed by atoms with van der Waals surface area (Å²) >= 11 is 0. The fourth-order valence-corrected chi connectivity index (χ4v) is 1.23. The van der Waals surface area contributed by atoms with Crippen molar-refractivity contribution in [1.29, 1.82) is 5.26 Å². The van der Waals surface area contributed by atoms with Gasteiger partial charge in [-0.25, -0.2) is 4.98 Å². The third kappa shape index (κ3) is 3.56. The van der Waals surface area contributed by atoms with Gasteiger partial charge in [-0.05, 0) is 18.7 Å². The first-order valence-electron chi connectivity index (χ1n) is 5.06. The van der Waals surface area contributed by atoms with Crippen LogP contribution in [-0.2, 0) is 0 Å². The second-order valence-corrected chi connectivity index (χ2v) is 3.29. The van der Waals surface area contributed by atoms with Crippen LogP contribution in [0.4, 0.5) is 5.82 Å². The normalized spacial score (nSPS) is 9.67. The first-order chi connectivity index (χ1) is 7.27. The van der Waals surface area contributed by atoms with E-state index in [2.05, 4.69) is 23.3 Å². The van der Waals surface area contributed by atoms with Crippen molar-refractivity contribution in [1.82, 2.24) is 10.3 Å². The highest BCUT2D eigenvalue weighted by atomic mass is 15.2. The van der Waals surface area contributed by atoms with Gasteiger partial charge in [-0.15, -0.1) is 0 Å². The third-order valence-corrected chi connectivity index (χ3v) is 2.14. The molecular formula is C11H16N4. The highest BCUT2D eigenvalue weighted by Crippen LogP contribution is 2.09. The largest absolute Gasteiger partial charge is 0.358 e. The summed E-state index contributed by atoms with van der Waals surface area (Å²) in [4.78, 5) is 6.24. The van der Waals surface area contributed by atoms with E-state index in [-0.39, 0.29) is 0 Å². The molecule has 0 bridgehead atoms. The molecule has 0 aliphatic carbocycles. The molecule has 15 heavy (non-hydrogen) atoms. The molecule has 0 saturated heterocycles. The fourth-order valence-electron chi connectivity index (χ4n) is 1.23. The lowest BCUT2D eigenvalue weighted by Crippen LogP contribution is -2.29. The van der Waals surface area contributed by atoms with Crippen LogP contribution in [0.3, 0.4) is 0 Å². The zero-order valence-electron chi connectivity index (χ0n) is 9.20. The number of nitriles is 1. The molecule has 1 heterocycles. The Hall–Kier alpha value is -1.60. The Morgan fingerprint density at radius 2 is 2.40 bits per heavy atom. The van der Waals surface area contributed by atoms with Crippen LogP contribution in [0.2, 0.25) is 0 Å². The summed E-state index contributed by atoms with van der Waals surface area (Å²) in [5, 5.41) is 12.0. The summed E-state index contributed by atoms with van der Waals surface area (Å²) in [7, 11) is 1.97. The van der Waals surface area contributed by atoms with Crippen LogP contribution in [0.25, 0.3) is 0 Å². The van der Waals surface area contributed by atoms with Gasteiger partial charge in [0.15, 0.2) is 0 Å². The predicted molar refractivity (Wildman–Crippen MR) is 60.8 cm³/mol. The lowest BCUT2D eigenvalue weighted by Gasteiger charge is -2.17. The van der Waals surface area contributed by atoms with Gasteiger partial charge in [0.05, 0.1) is 11.6 Å². The molecule has 0 atom stereocenters. The average Bonchev–Trinajstić information content (AvgIpc) is 2.29. The SMILES string of the molecule is CCNCCN(C)c1cc(C#N)ccn1. The van der Waals surface area contributed by atoms with Gasteiger partial charge in [-0.1, -0.05) is 6.92 Å². The van der Waals surface area contributed by atoms with Crippen LogP contribution < -0.4 is 10.2 Å². The maximum atomic E-state index is 8.75. The number of hydrogen-bond donors (Lipinski definition) is 1. The Balaban J connectivity index is 2.57. The number of anilines is 1. The van der Waals surface area contributed by atoms with Crippen LogP contribution in [0, 0.1) is 11.3 Å². The Bertz CT molecular complexity index is 343. The molecule has 4 nitrogen and oxygen atoms in total. The van der Waals surface area contributed by atoms with E-state index in [9.17, 15) is 0 Å². The third-order valence-electron chi connectivity index (χ3n) is 2.14. The van der Waals surface area contributed by atoms with Gasteiger partial charge in [0.25, 0.3) is 0 Å². The summed E-state index contributed by atoms with van der Waals surface area (Å²) in [6.07, 6.45) is 1.66. The van der Waals surface area contributed by atoms with E-state index in [0.29, 0.717) is 5.56 Å². The minimum atomic E-state index is 0.648. The molecule has 0 amide bonds. The van der Waals surface area contributed by atoms with Crippen LogP contribution in [-0.4, -0.2) is 31.7 Å². The highest BCUT2D eigenvalue weighted by Gasteiger charge is 2.02. The van der Waals surface area contributed by atoms with Crippen LogP contribution in [0.5, 0.6) is 0 Å². The first-order valence-corrected chi connectivity index (χ1v) is 5.06. The average molecular weight is 204 g/mol. The number of nitrogens with zero attached hydrogens (tertiary/aromatic N) is 3. The molecule has 0 radical (unpaired) electrons. The molecule has 1 aromatic rings. The van der Waals surface area contributed by atoms with Crippen molar-refractivity contribution in [3.05, 3.63) is 23.9 Å². The van der Waals surface area contributed by atoms with Gasteiger partial charge in [0, 0.05) is 26.3 Å². The van der Waals surface area contributed by atoms with E-state index in [0.717, 1.165) is 25.5 Å². The molecule has 0 unspecified atom stereocenters. The number of rotatable bonds is 5. The van der Waals surface area contributed by atoms with Gasteiger partial charge >= 0.3 is 0 Å². The summed E-state index contributed by atoms with van der Waals surface area (Å²) in [5.41, 5.74) is 0.648. The standard InChI is InChI=1S/C11H16N4/c1-3-13-6-7-15(2)11-8-10(9-12)4-5-14-11/h4-5,8,13H,3,6-7H2,1-2H3. The maximum Gasteiger partial charge on any atom is 0.129 e. The van der Waals surface area contributed by atoms with Crippen molar-refractivity contribution in [2.24, 2.45) is 0 Å². The molecule has 1 rings (SSSR count). The van der Waals surface area contributed by atoms with Crippen molar-refractivity contribution in [3.8, 4) is 6.07 Å². The highest BCUT2D eigenvalue weighted by molar-refractivity contribution is 5.44. The molecular weight excluding hydrogens is 188 g/mol. The zero-order chi connectivity index (χ0) is 11.1. The summed E-state index contributed by atoms with van der Waals surface area (Å²) in [6, 6.07) is 5.61. The van der Waals surface area contributed by atoms with Crippen molar-refractivity contribution in [3.63, 3.8) is 0 Å². The number of nitrogens with one attached hydrogen (secondary N) is 1. The number of aromatic nitrogens is 1. The molecule has 4 heteroatoms. The fraction of sp³-hybridized carbons (Fsp3) is 0.455. The minimum absolute atomic E-state index is 0.648. The number of pyridine rings is 1. The van der Waals surface area contributed by atoms with Gasteiger partial charge < -0.3 is 10.2 Å². The smallest absolute Gasteiger partial charge is 0.129 e. The molecule has 0 aromatic carbocycles. The van der Waals surface area contributed by atoms with Crippen LogP contribution in [0.1, 0.15) is 12.5 Å². The zero-order valence-corrected chi connectivity index (χ0v) is 9.20. The quantitative estimate of drug-likeness (QED) is 0.727. The van der Waals surface area contributed by atoms with E-state index in [4.69, 9.17) is 5.26 Å². The molecule has 0 spiro atoms. The monoisotopic (exact) mass is 204 g/mol. The van der Waals surface area contributed by atoms with E-state index >= 15 is 0 Å². The second-order valence-electron chi connectivity index (χ2n) is 3.29. The Labute approximate surface area is 90.5 Å². The summed E-state index contributed by atoms with van der Waals surface area (Å²) in [6.45, 7) is 4.86. The predicted octanol–water partition coefficient (Wildman–Crippen LogP) is 0.999. The molecule has 0 aliphatic heterocycles. The molecule has 1 N–H and O–H groups in total. The van der Waals surface area contributed by atoms with Gasteiger partial charge in [0.1, 0.15) is 5.82 Å². The number of hydrogen-bond acceptors (Lipinski definition) is 4. The lowest BCUT2D eigenvalue weighted by atomic mass is 10.3. The Morgan fingerprint density at radius 1 is 1.60 bits per heavy atom. The van der Waals surface area contributed by atoms with Gasteiger partial charge in [0.2, 0.25) is 0 Å². The molecule has 0 fully saturated rings. The first kappa shape index (κ1) is 11.5. The van der Waals surface area contributed by atoms with Crippen molar-refractivity contribution < 1.29 is 0 Å². The second kappa shape index (κ2) is 5.99. The van der Waals surface area contributed by atoms with Crippen molar-refractivity contribution in [2.75, 3.05) is 31.6 Å². The summed E-state index contributed by atoms with van der Waals surface area (Å²) < 4.78 is 0. The van der Waals surface area contributed by atoms with Gasteiger partial charge in [-0.3, -0.25) is 0 Å². The topological polar surface area (TPSA) is 52.0 Å². The molecule has 0 saturated carbocycles. The maximum absolute atomic E-state index is 8.75. The van der Waals surface area contributed by atoms with Crippen molar-refractivity contribution >= 4 is 5.82 Å². The van der Waals surface area contributed by atoms with Gasteiger partial charge in [-0.2, -0.15) is 5.26 Å². The van der Waals surface area contributed by atoms with Crippen molar-refractivity contribution in [2.45, 2.75) is 6.92 Å². The Morgan fingerprint density at radius 3 is 3.07 bits per heavy atom. The molecule has 0 aliphatic rings.